The van der Waals surface area contributed by atoms with E-state index in [0.29, 0.717) is 28.3 Å². The number of hydrogen-bond acceptors (Lipinski definition) is 4. The molecule has 1 atom stereocenters. The molecule has 3 N–H and O–H groups in total. The molecule has 0 bridgehead atoms. The smallest absolute Gasteiger partial charge is 0.240 e. The third-order valence-corrected chi connectivity index (χ3v) is 4.19. The maximum absolute atomic E-state index is 12.1. The minimum atomic E-state index is -0.847. The second kappa shape index (κ2) is 13.4. The highest BCUT2D eigenvalue weighted by molar-refractivity contribution is 14.0. The number of rotatable bonds is 8. The fourth-order valence-corrected chi connectivity index (χ4v) is 2.59. The molecule has 0 saturated heterocycles. The highest BCUT2D eigenvalue weighted by atomic mass is 127. The van der Waals surface area contributed by atoms with Gasteiger partial charge in [-0.05, 0) is 39.8 Å². The zero-order chi connectivity index (χ0) is 21.3. The SMILES string of the molecule is CCNC(=NCC(O)COc1cccc(Cl)c1Cl)N(C)CC(=O)NC(C)(C)C.I. The molecule has 29 heavy (non-hydrogen) atoms. The Hall–Kier alpha value is -0.970. The fourth-order valence-electron chi connectivity index (χ4n) is 2.24. The fraction of sp³-hybridized carbons (Fsp3) is 0.579. The van der Waals surface area contributed by atoms with Crippen molar-refractivity contribution in [3.8, 4) is 5.75 Å². The normalized spacial score (nSPS) is 12.6. The first-order chi connectivity index (χ1) is 13.0. The summed E-state index contributed by atoms with van der Waals surface area (Å²) in [5.41, 5.74) is -0.303. The molecule has 0 aliphatic rings. The van der Waals surface area contributed by atoms with Crippen LogP contribution in [0.1, 0.15) is 27.7 Å². The molecule has 7 nitrogen and oxygen atoms in total. The zero-order valence-corrected chi connectivity index (χ0v) is 21.3. The van der Waals surface area contributed by atoms with E-state index in [1.165, 1.54) is 0 Å². The minimum absolute atomic E-state index is 0. The Labute approximate surface area is 200 Å². The molecule has 10 heteroatoms. The summed E-state index contributed by atoms with van der Waals surface area (Å²) in [6.07, 6.45) is -0.847. The quantitative estimate of drug-likeness (QED) is 0.258. The average molecular weight is 561 g/mol. The van der Waals surface area contributed by atoms with Crippen LogP contribution in [0.3, 0.4) is 0 Å². The summed E-state index contributed by atoms with van der Waals surface area (Å²) in [4.78, 5) is 18.2. The molecule has 1 amide bonds. The van der Waals surface area contributed by atoms with E-state index in [1.807, 2.05) is 27.7 Å². The number of hydrogen-bond donors (Lipinski definition) is 3. The largest absolute Gasteiger partial charge is 0.489 e. The molecule has 0 spiro atoms. The van der Waals surface area contributed by atoms with Crippen LogP contribution in [0.4, 0.5) is 0 Å². The van der Waals surface area contributed by atoms with Crippen molar-refractivity contribution < 1.29 is 14.6 Å². The third kappa shape index (κ3) is 11.1. The van der Waals surface area contributed by atoms with Gasteiger partial charge < -0.3 is 25.4 Å². The van der Waals surface area contributed by atoms with E-state index in [2.05, 4.69) is 15.6 Å². The summed E-state index contributed by atoms with van der Waals surface area (Å²) in [5, 5.41) is 16.9. The Balaban J connectivity index is 0.00000784. The first-order valence-electron chi connectivity index (χ1n) is 9.08. The van der Waals surface area contributed by atoms with Gasteiger partial charge >= 0.3 is 0 Å². The van der Waals surface area contributed by atoms with Gasteiger partial charge in [0.1, 0.15) is 23.5 Å². The van der Waals surface area contributed by atoms with Gasteiger partial charge in [-0.15, -0.1) is 24.0 Å². The Bertz CT molecular complexity index is 684. The average Bonchev–Trinajstić information content (AvgIpc) is 2.58. The van der Waals surface area contributed by atoms with Crippen molar-refractivity contribution in [2.45, 2.75) is 39.3 Å². The van der Waals surface area contributed by atoms with E-state index in [9.17, 15) is 9.90 Å². The van der Waals surface area contributed by atoms with E-state index in [4.69, 9.17) is 27.9 Å². The van der Waals surface area contributed by atoms with Gasteiger partial charge in [-0.3, -0.25) is 9.79 Å². The molecule has 0 saturated carbocycles. The van der Waals surface area contributed by atoms with E-state index in [-0.39, 0.29) is 55.1 Å². The lowest BCUT2D eigenvalue weighted by Crippen LogP contribution is -2.49. The van der Waals surface area contributed by atoms with Gasteiger partial charge in [0.25, 0.3) is 0 Å². The van der Waals surface area contributed by atoms with Gasteiger partial charge in [-0.2, -0.15) is 0 Å². The number of halogens is 3. The van der Waals surface area contributed by atoms with Crippen LogP contribution in [0, 0.1) is 0 Å². The molecule has 0 aromatic heterocycles. The van der Waals surface area contributed by atoms with Crippen LogP contribution in [0.2, 0.25) is 10.0 Å². The molecule has 0 aliphatic heterocycles. The number of nitrogens with zero attached hydrogens (tertiary/aromatic N) is 2. The molecule has 0 aliphatic carbocycles. The summed E-state index contributed by atoms with van der Waals surface area (Å²) in [7, 11) is 1.76. The van der Waals surface area contributed by atoms with Gasteiger partial charge in [0.15, 0.2) is 5.96 Å². The maximum atomic E-state index is 12.1. The number of aliphatic hydroxyl groups excluding tert-OH is 1. The summed E-state index contributed by atoms with van der Waals surface area (Å²) >= 11 is 12.0. The standard InChI is InChI=1S/C19H30Cl2N4O3.HI/c1-6-22-18(25(5)11-16(27)24-19(2,3)4)23-10-13(26)12-28-15-9-7-8-14(20)17(15)21;/h7-9,13,26H,6,10-12H2,1-5H3,(H,22,23)(H,24,27);1H. The lowest BCUT2D eigenvalue weighted by molar-refractivity contribution is -0.122. The van der Waals surface area contributed by atoms with Gasteiger partial charge in [-0.25, -0.2) is 0 Å². The topological polar surface area (TPSA) is 86.2 Å². The number of aliphatic hydroxyl groups is 1. The summed E-state index contributed by atoms with van der Waals surface area (Å²) in [5.74, 6) is 0.812. The van der Waals surface area contributed by atoms with Crippen molar-refractivity contribution in [3.63, 3.8) is 0 Å². The number of likely N-dealkylation sites (N-methyl/N-ethyl adjacent to an activating group) is 1. The van der Waals surface area contributed by atoms with Crippen molar-refractivity contribution in [2.24, 2.45) is 4.99 Å². The molecule has 0 radical (unpaired) electrons. The number of carbonyl (C=O) groups is 1. The predicted octanol–water partition coefficient (Wildman–Crippen LogP) is 3.16. The lowest BCUT2D eigenvalue weighted by atomic mass is 10.1. The number of carbonyl (C=O) groups excluding carboxylic acids is 1. The van der Waals surface area contributed by atoms with E-state index in [1.54, 1.807) is 30.1 Å². The van der Waals surface area contributed by atoms with Crippen LogP contribution in [-0.2, 0) is 4.79 Å². The minimum Gasteiger partial charge on any atom is -0.489 e. The number of nitrogens with one attached hydrogen (secondary N) is 2. The monoisotopic (exact) mass is 560 g/mol. The summed E-state index contributed by atoms with van der Waals surface area (Å²) in [6, 6.07) is 5.05. The van der Waals surface area contributed by atoms with Crippen LogP contribution in [-0.4, -0.2) is 66.8 Å². The zero-order valence-electron chi connectivity index (χ0n) is 17.5. The summed E-state index contributed by atoms with van der Waals surface area (Å²) in [6.45, 7) is 8.59. The number of ether oxygens (including phenoxy) is 1. The molecule has 1 aromatic carbocycles. The van der Waals surface area contributed by atoms with Crippen molar-refractivity contribution in [2.75, 3.05) is 33.3 Å². The van der Waals surface area contributed by atoms with Crippen molar-refractivity contribution in [3.05, 3.63) is 28.2 Å². The van der Waals surface area contributed by atoms with Crippen LogP contribution in [0.15, 0.2) is 23.2 Å². The van der Waals surface area contributed by atoms with Crippen molar-refractivity contribution in [1.82, 2.24) is 15.5 Å². The van der Waals surface area contributed by atoms with Crippen molar-refractivity contribution >= 4 is 59.0 Å². The molecule has 0 fully saturated rings. The van der Waals surface area contributed by atoms with E-state index >= 15 is 0 Å². The van der Waals surface area contributed by atoms with Gasteiger partial charge in [0.05, 0.1) is 18.1 Å². The van der Waals surface area contributed by atoms with Crippen LogP contribution >= 0.6 is 47.2 Å². The van der Waals surface area contributed by atoms with Crippen LogP contribution < -0.4 is 15.4 Å². The lowest BCUT2D eigenvalue weighted by Gasteiger charge is -2.25. The molecule has 0 heterocycles. The van der Waals surface area contributed by atoms with Gasteiger partial charge in [0.2, 0.25) is 5.91 Å². The summed E-state index contributed by atoms with van der Waals surface area (Å²) < 4.78 is 5.52. The number of amides is 1. The third-order valence-electron chi connectivity index (χ3n) is 3.39. The molecular formula is C19H31Cl2IN4O3. The van der Waals surface area contributed by atoms with Crippen molar-refractivity contribution in [1.29, 1.82) is 0 Å². The highest BCUT2D eigenvalue weighted by Gasteiger charge is 2.17. The van der Waals surface area contributed by atoms with E-state index in [0.717, 1.165) is 0 Å². The highest BCUT2D eigenvalue weighted by Crippen LogP contribution is 2.31. The first-order valence-corrected chi connectivity index (χ1v) is 9.84. The predicted molar refractivity (Wildman–Crippen MR) is 130 cm³/mol. The first kappa shape index (κ1) is 28.0. The molecular weight excluding hydrogens is 530 g/mol. The van der Waals surface area contributed by atoms with Gasteiger partial charge in [-0.1, -0.05) is 29.3 Å². The number of benzene rings is 1. The van der Waals surface area contributed by atoms with Crippen LogP contribution in [0.5, 0.6) is 5.75 Å². The maximum Gasteiger partial charge on any atom is 0.240 e. The number of aliphatic imine (C=N–C) groups is 1. The second-order valence-corrected chi connectivity index (χ2v) is 8.15. The molecule has 1 rings (SSSR count). The Morgan fingerprint density at radius 2 is 2.00 bits per heavy atom. The molecule has 166 valence electrons. The molecule has 1 unspecified atom stereocenters. The second-order valence-electron chi connectivity index (χ2n) is 7.37. The van der Waals surface area contributed by atoms with Crippen LogP contribution in [0.25, 0.3) is 0 Å². The van der Waals surface area contributed by atoms with E-state index < -0.39 is 6.10 Å². The Kier molecular flexibility index (Phi) is 12.9. The number of guanidine groups is 1. The Morgan fingerprint density at radius 1 is 1.34 bits per heavy atom. The molecule has 1 aromatic rings. The van der Waals surface area contributed by atoms with Gasteiger partial charge in [0, 0.05) is 19.1 Å². The Morgan fingerprint density at radius 3 is 2.59 bits per heavy atom.